The van der Waals surface area contributed by atoms with Gasteiger partial charge in [-0.25, -0.2) is 12.8 Å². The molecule has 0 radical (unpaired) electrons. The molecule has 1 saturated carbocycles. The first kappa shape index (κ1) is 16.7. The summed E-state index contributed by atoms with van der Waals surface area (Å²) >= 11 is 0. The van der Waals surface area contributed by atoms with E-state index in [4.69, 9.17) is 4.74 Å². The molecular weight excluding hydrogens is 317 g/mol. The number of halogens is 1. The van der Waals surface area contributed by atoms with Crippen LogP contribution in [0.5, 0.6) is 5.75 Å². The maximum atomic E-state index is 13.9. The van der Waals surface area contributed by atoms with Gasteiger partial charge in [-0.15, -0.1) is 0 Å². The third-order valence-electron chi connectivity index (χ3n) is 5.04. The molecule has 2 fully saturated rings. The highest BCUT2D eigenvalue weighted by Crippen LogP contribution is 2.49. The second kappa shape index (κ2) is 6.77. The lowest BCUT2D eigenvalue weighted by Gasteiger charge is -2.22. The molecule has 0 spiro atoms. The molecule has 1 aromatic rings. The number of sulfone groups is 1. The lowest BCUT2D eigenvalue weighted by atomic mass is 9.91. The molecule has 4 nitrogen and oxygen atoms in total. The van der Waals surface area contributed by atoms with Gasteiger partial charge in [-0.3, -0.25) is 0 Å². The highest BCUT2D eigenvalue weighted by molar-refractivity contribution is 7.90. The van der Waals surface area contributed by atoms with Crippen LogP contribution in [-0.4, -0.2) is 34.4 Å². The molecule has 0 amide bonds. The maximum absolute atomic E-state index is 13.9. The summed E-state index contributed by atoms with van der Waals surface area (Å²) in [5.74, 6) is 1.89. The third kappa shape index (κ3) is 4.23. The summed E-state index contributed by atoms with van der Waals surface area (Å²) in [6.45, 7) is 2.74. The van der Waals surface area contributed by atoms with Gasteiger partial charge in [-0.05, 0) is 74.7 Å². The van der Waals surface area contributed by atoms with E-state index in [2.05, 4.69) is 5.32 Å². The van der Waals surface area contributed by atoms with Crippen molar-refractivity contribution in [3.8, 4) is 5.75 Å². The van der Waals surface area contributed by atoms with Crippen molar-refractivity contribution in [1.29, 1.82) is 0 Å². The minimum absolute atomic E-state index is 0.0180. The molecule has 1 saturated heterocycles. The fraction of sp³-hybridized carbons (Fsp3) is 0.647. The Morgan fingerprint density at radius 2 is 2.04 bits per heavy atom. The number of hydrogen-bond acceptors (Lipinski definition) is 4. The van der Waals surface area contributed by atoms with Gasteiger partial charge >= 0.3 is 0 Å². The molecule has 1 aliphatic heterocycles. The zero-order chi connectivity index (χ0) is 16.4. The molecule has 2 aliphatic rings. The zero-order valence-electron chi connectivity index (χ0n) is 13.4. The van der Waals surface area contributed by atoms with E-state index in [1.54, 1.807) is 0 Å². The van der Waals surface area contributed by atoms with E-state index >= 15 is 0 Å². The Hall–Kier alpha value is -1.14. The lowest BCUT2D eigenvalue weighted by molar-refractivity contribution is 0.270. The number of piperidine rings is 1. The smallest absolute Gasteiger partial charge is 0.175 e. The average Bonchev–Trinajstić information content (AvgIpc) is 3.28. The van der Waals surface area contributed by atoms with Crippen molar-refractivity contribution in [2.24, 2.45) is 17.8 Å². The minimum atomic E-state index is -3.39. The summed E-state index contributed by atoms with van der Waals surface area (Å²) in [6.07, 6.45) is 5.81. The van der Waals surface area contributed by atoms with Crippen LogP contribution >= 0.6 is 0 Å². The Kier molecular flexibility index (Phi) is 4.92. The van der Waals surface area contributed by atoms with Crippen LogP contribution in [0.2, 0.25) is 0 Å². The fourth-order valence-electron chi connectivity index (χ4n) is 3.60. The zero-order valence-corrected chi connectivity index (χ0v) is 14.2. The van der Waals surface area contributed by atoms with Gasteiger partial charge in [0, 0.05) is 6.26 Å². The van der Waals surface area contributed by atoms with E-state index < -0.39 is 15.7 Å². The monoisotopic (exact) mass is 341 g/mol. The molecular formula is C17H24FNO3S. The van der Waals surface area contributed by atoms with E-state index in [1.165, 1.54) is 31.4 Å². The molecule has 1 N–H and O–H groups in total. The summed E-state index contributed by atoms with van der Waals surface area (Å²) in [7, 11) is -3.39. The van der Waals surface area contributed by atoms with E-state index in [1.807, 2.05) is 0 Å². The molecule has 23 heavy (non-hydrogen) atoms. The van der Waals surface area contributed by atoms with Crippen LogP contribution in [0.1, 0.15) is 25.7 Å². The average molecular weight is 341 g/mol. The minimum Gasteiger partial charge on any atom is -0.491 e. The van der Waals surface area contributed by atoms with Crippen LogP contribution in [-0.2, 0) is 9.84 Å². The Bertz CT molecular complexity index is 656. The largest absolute Gasteiger partial charge is 0.491 e. The predicted molar refractivity (Wildman–Crippen MR) is 86.8 cm³/mol. The maximum Gasteiger partial charge on any atom is 0.175 e. The van der Waals surface area contributed by atoms with E-state index in [0.29, 0.717) is 12.5 Å². The van der Waals surface area contributed by atoms with Gasteiger partial charge in [0.15, 0.2) is 21.4 Å². The van der Waals surface area contributed by atoms with Gasteiger partial charge in [0.2, 0.25) is 0 Å². The Labute approximate surface area is 137 Å². The van der Waals surface area contributed by atoms with Crippen LogP contribution in [0.25, 0.3) is 0 Å². The van der Waals surface area contributed by atoms with Crippen LogP contribution in [0.3, 0.4) is 0 Å². The van der Waals surface area contributed by atoms with Gasteiger partial charge in [0.25, 0.3) is 0 Å². The fourth-order valence-corrected chi connectivity index (χ4v) is 4.23. The van der Waals surface area contributed by atoms with Crippen molar-refractivity contribution < 1.29 is 17.5 Å². The predicted octanol–water partition coefficient (Wildman–Crippen LogP) is 2.63. The van der Waals surface area contributed by atoms with E-state index in [9.17, 15) is 12.8 Å². The molecule has 1 aliphatic carbocycles. The summed E-state index contributed by atoms with van der Waals surface area (Å²) in [5, 5.41) is 3.39. The van der Waals surface area contributed by atoms with Crippen molar-refractivity contribution >= 4 is 9.84 Å². The van der Waals surface area contributed by atoms with Gasteiger partial charge in [-0.2, -0.15) is 0 Å². The number of hydrogen-bond donors (Lipinski definition) is 1. The second-order valence-corrected chi connectivity index (χ2v) is 8.76. The topological polar surface area (TPSA) is 55.4 Å². The van der Waals surface area contributed by atoms with Crippen molar-refractivity contribution in [1.82, 2.24) is 5.32 Å². The Morgan fingerprint density at radius 3 is 2.70 bits per heavy atom. The second-order valence-electron chi connectivity index (χ2n) is 6.75. The Morgan fingerprint density at radius 1 is 1.30 bits per heavy atom. The molecule has 6 heteroatoms. The molecule has 128 valence electrons. The Balaban J connectivity index is 1.46. The van der Waals surface area contributed by atoms with Crippen LogP contribution < -0.4 is 10.1 Å². The van der Waals surface area contributed by atoms with Crippen molar-refractivity contribution in [3.63, 3.8) is 0 Å². The first-order chi connectivity index (χ1) is 10.9. The van der Waals surface area contributed by atoms with E-state index in [-0.39, 0.29) is 10.6 Å². The summed E-state index contributed by atoms with van der Waals surface area (Å²) < 4.78 is 42.2. The van der Waals surface area contributed by atoms with Crippen molar-refractivity contribution in [2.45, 2.75) is 30.6 Å². The van der Waals surface area contributed by atoms with Crippen LogP contribution in [0.15, 0.2) is 23.1 Å². The van der Waals surface area contributed by atoms with Gasteiger partial charge in [0.05, 0.1) is 11.5 Å². The molecule has 3 rings (SSSR count). The first-order valence-corrected chi connectivity index (χ1v) is 10.2. The summed E-state index contributed by atoms with van der Waals surface area (Å²) in [5.41, 5.74) is 0. The van der Waals surface area contributed by atoms with Crippen LogP contribution in [0.4, 0.5) is 4.39 Å². The molecule has 0 unspecified atom stereocenters. The lowest BCUT2D eigenvalue weighted by Crippen LogP contribution is -2.29. The summed E-state index contributed by atoms with van der Waals surface area (Å²) in [4.78, 5) is -0.0180. The SMILES string of the molecule is CS(=O)(=O)c1ccc(OCC[C@@H]2C[C@H]2C2CCNCC2)c(F)c1. The molecule has 0 bridgehead atoms. The standard InChI is InChI=1S/C17H24FNO3S/c1-23(20,21)14-2-3-17(16(18)11-14)22-9-6-13-10-15(13)12-4-7-19-8-5-12/h2-3,11-13,15,19H,4-10H2,1H3/t13-,15+/m1/s1. The normalized spacial score (nSPS) is 25.3. The molecule has 2 atom stereocenters. The van der Waals surface area contributed by atoms with Gasteiger partial charge in [0.1, 0.15) is 0 Å². The molecule has 1 heterocycles. The quantitative estimate of drug-likeness (QED) is 0.864. The highest BCUT2D eigenvalue weighted by Gasteiger charge is 2.42. The number of benzene rings is 1. The summed E-state index contributed by atoms with van der Waals surface area (Å²) in [6, 6.07) is 3.82. The number of ether oxygens (including phenoxy) is 1. The van der Waals surface area contributed by atoms with Crippen LogP contribution in [0, 0.1) is 23.6 Å². The van der Waals surface area contributed by atoms with E-state index in [0.717, 1.165) is 43.7 Å². The van der Waals surface area contributed by atoms with Gasteiger partial charge in [-0.1, -0.05) is 0 Å². The molecule has 0 aromatic heterocycles. The van der Waals surface area contributed by atoms with Crippen molar-refractivity contribution in [3.05, 3.63) is 24.0 Å². The molecule has 1 aromatic carbocycles. The number of nitrogens with one attached hydrogen (secondary N) is 1. The van der Waals surface area contributed by atoms with Crippen molar-refractivity contribution in [2.75, 3.05) is 26.0 Å². The van der Waals surface area contributed by atoms with Gasteiger partial charge < -0.3 is 10.1 Å². The third-order valence-corrected chi connectivity index (χ3v) is 6.15. The highest BCUT2D eigenvalue weighted by atomic mass is 32.2. The first-order valence-electron chi connectivity index (χ1n) is 8.28. The number of rotatable bonds is 6.